The van der Waals surface area contributed by atoms with Crippen LogP contribution < -0.4 is 0 Å². The third-order valence-corrected chi connectivity index (χ3v) is 5.36. The maximum atomic E-state index is 13.3. The van der Waals surface area contributed by atoms with Gasteiger partial charge in [-0.3, -0.25) is 4.90 Å². The molecule has 1 atom stereocenters. The second-order valence-corrected chi connectivity index (χ2v) is 7.59. The Kier molecular flexibility index (Phi) is 4.88. The third kappa shape index (κ3) is 3.88. The molecule has 1 fully saturated rings. The quantitative estimate of drug-likeness (QED) is 0.484. The van der Waals surface area contributed by atoms with Crippen LogP contribution in [0, 0.1) is 5.82 Å². The van der Waals surface area contributed by atoms with Gasteiger partial charge in [0.25, 0.3) is 0 Å². The van der Waals surface area contributed by atoms with Gasteiger partial charge in [0.05, 0.1) is 18.2 Å². The Bertz CT molecular complexity index is 1150. The molecule has 1 unspecified atom stereocenters. The highest BCUT2D eigenvalue weighted by molar-refractivity contribution is 5.49. The van der Waals surface area contributed by atoms with Crippen molar-refractivity contribution in [3.8, 4) is 11.5 Å². The largest absolute Gasteiger partial charge is 0.348 e. The molecule has 9 heteroatoms. The molecule has 8 nitrogen and oxygen atoms in total. The van der Waals surface area contributed by atoms with Crippen LogP contribution in [0.25, 0.3) is 11.5 Å². The molecule has 0 spiro atoms. The van der Waals surface area contributed by atoms with Crippen molar-refractivity contribution >= 4 is 0 Å². The van der Waals surface area contributed by atoms with Crippen LogP contribution in [-0.2, 0) is 20.0 Å². The first kappa shape index (κ1) is 18.7. The van der Waals surface area contributed by atoms with Gasteiger partial charge in [-0.2, -0.15) is 9.97 Å². The minimum absolute atomic E-state index is 0.182. The van der Waals surface area contributed by atoms with Crippen molar-refractivity contribution in [3.63, 3.8) is 0 Å². The molecule has 1 aliphatic heterocycles. The lowest BCUT2D eigenvalue weighted by Crippen LogP contribution is -2.20. The van der Waals surface area contributed by atoms with Gasteiger partial charge in [0.1, 0.15) is 5.82 Å². The molecule has 154 valence electrons. The monoisotopic (exact) mass is 408 g/mol. The van der Waals surface area contributed by atoms with E-state index < -0.39 is 0 Å². The highest BCUT2D eigenvalue weighted by Crippen LogP contribution is 2.28. The van der Waals surface area contributed by atoms with Crippen molar-refractivity contribution in [2.75, 3.05) is 13.1 Å². The molecule has 4 aromatic rings. The summed E-state index contributed by atoms with van der Waals surface area (Å²) in [6.07, 6.45) is 3.32. The summed E-state index contributed by atoms with van der Waals surface area (Å²) in [5.74, 6) is 2.28. The number of halogens is 1. The zero-order chi connectivity index (χ0) is 20.5. The summed E-state index contributed by atoms with van der Waals surface area (Å²) >= 11 is 0. The average Bonchev–Trinajstić information content (AvgIpc) is 3.50. The fraction of sp³-hybridized carbons (Fsp3) is 0.333. The number of rotatable bonds is 6. The van der Waals surface area contributed by atoms with Gasteiger partial charge in [0, 0.05) is 26.2 Å². The van der Waals surface area contributed by atoms with Crippen LogP contribution in [0.2, 0.25) is 0 Å². The third-order valence-electron chi connectivity index (χ3n) is 5.36. The van der Waals surface area contributed by atoms with E-state index in [1.54, 1.807) is 6.07 Å². The first-order chi connectivity index (χ1) is 14.6. The first-order valence-electron chi connectivity index (χ1n) is 9.87. The smallest absolute Gasteiger partial charge is 0.240 e. The number of nitrogens with zero attached hydrogens (tertiary/aromatic N) is 6. The summed E-state index contributed by atoms with van der Waals surface area (Å²) in [6.45, 7) is 2.23. The minimum Gasteiger partial charge on any atom is -0.348 e. The molecule has 0 amide bonds. The SMILES string of the molecule is Cn1cccc1-c1noc(C2CCN(Cc3nc(Cc4cccc(F)c4)no3)C2)n1. The van der Waals surface area contributed by atoms with E-state index in [9.17, 15) is 4.39 Å². The normalized spacial score (nSPS) is 17.1. The second kappa shape index (κ2) is 7.83. The Morgan fingerprint density at radius 1 is 1.13 bits per heavy atom. The summed E-state index contributed by atoms with van der Waals surface area (Å²) in [4.78, 5) is 11.3. The molecule has 4 heterocycles. The van der Waals surface area contributed by atoms with Crippen LogP contribution in [0.15, 0.2) is 51.6 Å². The lowest BCUT2D eigenvalue weighted by Gasteiger charge is -2.11. The molecule has 1 aromatic carbocycles. The molecule has 0 N–H and O–H groups in total. The highest BCUT2D eigenvalue weighted by atomic mass is 19.1. The van der Waals surface area contributed by atoms with Crippen LogP contribution >= 0.6 is 0 Å². The van der Waals surface area contributed by atoms with Crippen molar-refractivity contribution in [3.05, 3.63) is 71.6 Å². The predicted molar refractivity (Wildman–Crippen MR) is 105 cm³/mol. The van der Waals surface area contributed by atoms with E-state index in [4.69, 9.17) is 9.05 Å². The predicted octanol–water partition coefficient (Wildman–Crippen LogP) is 3.18. The van der Waals surface area contributed by atoms with Crippen molar-refractivity contribution < 1.29 is 13.4 Å². The Morgan fingerprint density at radius 3 is 2.90 bits per heavy atom. The molecular weight excluding hydrogens is 387 g/mol. The van der Waals surface area contributed by atoms with E-state index in [-0.39, 0.29) is 11.7 Å². The topological polar surface area (TPSA) is 86.0 Å². The van der Waals surface area contributed by atoms with Gasteiger partial charge in [-0.25, -0.2) is 4.39 Å². The highest BCUT2D eigenvalue weighted by Gasteiger charge is 2.29. The van der Waals surface area contributed by atoms with E-state index in [2.05, 4.69) is 25.2 Å². The van der Waals surface area contributed by atoms with Gasteiger partial charge in [0.15, 0.2) is 5.82 Å². The number of hydrogen-bond donors (Lipinski definition) is 0. The standard InChI is InChI=1S/C21H21FN6O2/c1-27-8-3-6-17(27)20-24-21(30-26-20)15-7-9-28(12-15)13-19-23-18(25-29-19)11-14-4-2-5-16(22)10-14/h2-6,8,10,15H,7,9,11-13H2,1H3. The Morgan fingerprint density at radius 2 is 2.07 bits per heavy atom. The van der Waals surface area contributed by atoms with E-state index in [1.165, 1.54) is 12.1 Å². The summed E-state index contributed by atoms with van der Waals surface area (Å²) in [6, 6.07) is 10.3. The van der Waals surface area contributed by atoms with Gasteiger partial charge < -0.3 is 13.6 Å². The van der Waals surface area contributed by atoms with Gasteiger partial charge in [-0.05, 0) is 42.8 Å². The van der Waals surface area contributed by atoms with Crippen LogP contribution in [0.3, 0.4) is 0 Å². The molecule has 5 rings (SSSR count). The zero-order valence-electron chi connectivity index (χ0n) is 16.5. The van der Waals surface area contributed by atoms with E-state index in [1.807, 2.05) is 36.0 Å². The van der Waals surface area contributed by atoms with Crippen molar-refractivity contribution in [1.29, 1.82) is 0 Å². The van der Waals surface area contributed by atoms with Crippen molar-refractivity contribution in [1.82, 2.24) is 29.7 Å². The molecule has 3 aromatic heterocycles. The number of likely N-dealkylation sites (tertiary alicyclic amines) is 1. The Labute approximate surface area is 172 Å². The van der Waals surface area contributed by atoms with E-state index >= 15 is 0 Å². The number of benzene rings is 1. The average molecular weight is 408 g/mol. The number of aromatic nitrogens is 5. The molecule has 0 radical (unpaired) electrons. The van der Waals surface area contributed by atoms with Crippen LogP contribution in [0.5, 0.6) is 0 Å². The second-order valence-electron chi connectivity index (χ2n) is 7.59. The van der Waals surface area contributed by atoms with Gasteiger partial charge in [-0.1, -0.05) is 22.4 Å². The summed E-state index contributed by atoms with van der Waals surface area (Å²) in [7, 11) is 1.95. The van der Waals surface area contributed by atoms with Crippen LogP contribution in [-0.4, -0.2) is 42.8 Å². The summed E-state index contributed by atoms with van der Waals surface area (Å²) < 4.78 is 26.2. The maximum Gasteiger partial charge on any atom is 0.240 e. The van der Waals surface area contributed by atoms with Crippen molar-refractivity contribution in [2.24, 2.45) is 7.05 Å². The number of hydrogen-bond acceptors (Lipinski definition) is 7. The Hall–Kier alpha value is -3.33. The van der Waals surface area contributed by atoms with Crippen LogP contribution in [0.1, 0.15) is 35.5 Å². The Balaban J connectivity index is 1.20. The van der Waals surface area contributed by atoms with E-state index in [0.29, 0.717) is 36.4 Å². The molecule has 0 bridgehead atoms. The fourth-order valence-electron chi connectivity index (χ4n) is 3.82. The molecular formula is C21H21FN6O2. The van der Waals surface area contributed by atoms with Gasteiger partial charge >= 0.3 is 0 Å². The molecule has 0 aliphatic carbocycles. The summed E-state index contributed by atoms with van der Waals surface area (Å²) in [5, 5.41) is 8.15. The van der Waals surface area contributed by atoms with Gasteiger partial charge in [0.2, 0.25) is 17.6 Å². The lowest BCUT2D eigenvalue weighted by atomic mass is 10.1. The minimum atomic E-state index is -0.268. The number of aryl methyl sites for hydroxylation is 1. The fourth-order valence-corrected chi connectivity index (χ4v) is 3.82. The van der Waals surface area contributed by atoms with Crippen LogP contribution in [0.4, 0.5) is 4.39 Å². The van der Waals surface area contributed by atoms with Gasteiger partial charge in [-0.15, -0.1) is 0 Å². The lowest BCUT2D eigenvalue weighted by molar-refractivity contribution is 0.260. The molecule has 30 heavy (non-hydrogen) atoms. The molecule has 0 saturated carbocycles. The zero-order valence-corrected chi connectivity index (χ0v) is 16.5. The van der Waals surface area contributed by atoms with E-state index in [0.717, 1.165) is 30.8 Å². The maximum absolute atomic E-state index is 13.3. The first-order valence-corrected chi connectivity index (χ1v) is 9.87. The van der Waals surface area contributed by atoms with Crippen molar-refractivity contribution in [2.45, 2.75) is 25.3 Å². The molecule has 1 saturated heterocycles. The molecule has 1 aliphatic rings. The summed E-state index contributed by atoms with van der Waals surface area (Å²) in [5.41, 5.74) is 1.74.